The highest BCUT2D eigenvalue weighted by Gasteiger charge is 2.31. The van der Waals surface area contributed by atoms with Gasteiger partial charge in [-0.15, -0.1) is 4.39 Å². The van der Waals surface area contributed by atoms with E-state index in [1.54, 1.807) is 45.2 Å². The lowest BCUT2D eigenvalue weighted by molar-refractivity contribution is 0.0633. The molecule has 0 aliphatic rings. The van der Waals surface area contributed by atoms with Crippen LogP contribution in [-0.2, 0) is 5.92 Å². The van der Waals surface area contributed by atoms with Crippen molar-refractivity contribution >= 4 is 51.1 Å². The topological polar surface area (TPSA) is 43.1 Å². The van der Waals surface area contributed by atoms with Gasteiger partial charge in [-0.2, -0.15) is 8.78 Å². The van der Waals surface area contributed by atoms with E-state index in [9.17, 15) is 22.4 Å². The maximum absolute atomic E-state index is 14.5. The Morgan fingerprint density at radius 1 is 1.17 bits per heavy atom. The molecule has 2 aromatic carbocycles. The van der Waals surface area contributed by atoms with E-state index in [0.717, 1.165) is 12.1 Å². The lowest BCUT2D eigenvalue weighted by Crippen LogP contribution is -2.14. The fourth-order valence-electron chi connectivity index (χ4n) is 2.06. The minimum Gasteiger partial charge on any atom is -0.366 e. The number of halogens is 6. The molecular formula is C16H7F4I2NO. The molecule has 0 heterocycles. The Labute approximate surface area is 162 Å². The second kappa shape index (κ2) is 7.26. The van der Waals surface area contributed by atoms with E-state index in [1.807, 2.05) is 0 Å². The van der Waals surface area contributed by atoms with Gasteiger partial charge in [-0.3, -0.25) is 4.79 Å². The fraction of sp³-hybridized carbons (Fsp3) is 0.0625. The van der Waals surface area contributed by atoms with Gasteiger partial charge >= 0.3 is 5.92 Å². The van der Waals surface area contributed by atoms with Crippen molar-refractivity contribution in [3.05, 3.63) is 54.4 Å². The predicted octanol–water partition coefficient (Wildman–Crippen LogP) is 4.82. The minimum atomic E-state index is -3.67. The summed E-state index contributed by atoms with van der Waals surface area (Å²) in [6, 6.07) is 6.29. The molecule has 8 heteroatoms. The van der Waals surface area contributed by atoms with Crippen LogP contribution in [0, 0.1) is 25.1 Å². The van der Waals surface area contributed by atoms with Crippen molar-refractivity contribution < 1.29 is 22.4 Å². The van der Waals surface area contributed by atoms with E-state index >= 15 is 0 Å². The largest absolute Gasteiger partial charge is 0.366 e. The molecule has 2 rings (SSSR count). The summed E-state index contributed by atoms with van der Waals surface area (Å²) in [5, 5.41) is 0. The number of carbonyl (C=O) groups is 1. The van der Waals surface area contributed by atoms with Crippen LogP contribution in [0.3, 0.4) is 0 Å². The van der Waals surface area contributed by atoms with E-state index in [0.29, 0.717) is 18.9 Å². The third kappa shape index (κ3) is 3.66. The number of hydrogen-bond donors (Lipinski definition) is 1. The van der Waals surface area contributed by atoms with Crippen LogP contribution < -0.4 is 5.73 Å². The quantitative estimate of drug-likeness (QED) is 0.328. The average molecular weight is 559 g/mol. The van der Waals surface area contributed by atoms with Crippen LogP contribution in [-0.4, -0.2) is 5.91 Å². The van der Waals surface area contributed by atoms with Crippen molar-refractivity contribution in [3.8, 4) is 23.2 Å². The molecule has 0 unspecified atom stereocenters. The summed E-state index contributed by atoms with van der Waals surface area (Å²) in [4.78, 5) is 11.3. The van der Waals surface area contributed by atoms with Crippen LogP contribution in [0.5, 0.6) is 0 Å². The molecule has 2 N–H and O–H groups in total. The van der Waals surface area contributed by atoms with E-state index in [2.05, 4.69) is 0 Å². The van der Waals surface area contributed by atoms with Crippen molar-refractivity contribution in [1.82, 2.24) is 0 Å². The predicted molar refractivity (Wildman–Crippen MR) is 98.6 cm³/mol. The first-order valence-corrected chi connectivity index (χ1v) is 8.43. The van der Waals surface area contributed by atoms with Crippen LogP contribution >= 0.6 is 45.2 Å². The van der Waals surface area contributed by atoms with Crippen molar-refractivity contribution in [1.29, 1.82) is 0 Å². The third-order valence-corrected chi connectivity index (χ3v) is 4.84. The summed E-state index contributed by atoms with van der Waals surface area (Å²) < 4.78 is 54.5. The Balaban J connectivity index is 2.68. The summed E-state index contributed by atoms with van der Waals surface area (Å²) in [6.45, 7) is 0. The second-order valence-electron chi connectivity index (χ2n) is 4.64. The summed E-state index contributed by atoms with van der Waals surface area (Å²) in [7, 11) is 0. The third-order valence-electron chi connectivity index (χ3n) is 3.14. The van der Waals surface area contributed by atoms with Crippen LogP contribution in [0.2, 0.25) is 0 Å². The molecule has 0 atom stereocenters. The number of alkyl halides is 2. The van der Waals surface area contributed by atoms with Crippen molar-refractivity contribution in [2.24, 2.45) is 5.73 Å². The van der Waals surface area contributed by atoms with Gasteiger partial charge in [-0.1, -0.05) is 12.1 Å². The highest BCUT2D eigenvalue weighted by Crippen LogP contribution is 2.37. The number of carbonyl (C=O) groups excluding carboxylic acids is 1. The summed E-state index contributed by atoms with van der Waals surface area (Å²) in [6.07, 6.45) is 0.704. The van der Waals surface area contributed by atoms with E-state index in [1.165, 1.54) is 24.1 Å². The molecule has 2 nitrogen and oxygen atoms in total. The van der Waals surface area contributed by atoms with Gasteiger partial charge in [0.25, 0.3) is 5.91 Å². The molecule has 0 radical (unpaired) electrons. The minimum absolute atomic E-state index is 0.0616. The smallest absolute Gasteiger partial charge is 0.336 e. The second-order valence-corrected chi connectivity index (χ2v) is 6.96. The van der Waals surface area contributed by atoms with Gasteiger partial charge < -0.3 is 5.73 Å². The number of hydrogen-bond acceptors (Lipinski definition) is 1. The molecule has 0 saturated heterocycles. The zero-order valence-electron chi connectivity index (χ0n) is 11.6. The number of primary amides is 1. The van der Waals surface area contributed by atoms with Crippen LogP contribution in [0.1, 0.15) is 15.9 Å². The maximum Gasteiger partial charge on any atom is 0.336 e. The molecule has 1 amide bonds. The van der Waals surface area contributed by atoms with Gasteiger partial charge in [0.1, 0.15) is 12.0 Å². The van der Waals surface area contributed by atoms with Crippen molar-refractivity contribution in [3.63, 3.8) is 0 Å². The van der Waals surface area contributed by atoms with E-state index in [4.69, 9.17) is 5.73 Å². The number of amides is 1. The van der Waals surface area contributed by atoms with Gasteiger partial charge in [0.05, 0.1) is 5.56 Å². The van der Waals surface area contributed by atoms with Gasteiger partial charge in [-0.25, -0.2) is 4.39 Å². The Bertz CT molecular complexity index is 864. The van der Waals surface area contributed by atoms with Crippen LogP contribution in [0.4, 0.5) is 17.6 Å². The first kappa shape index (κ1) is 19.0. The number of rotatable bonds is 3. The summed E-state index contributed by atoms with van der Waals surface area (Å²) in [5.74, 6) is -4.23. The summed E-state index contributed by atoms with van der Waals surface area (Å²) in [5.41, 5.74) is 4.72. The molecule has 0 bridgehead atoms. The fourth-order valence-corrected chi connectivity index (χ4v) is 4.41. The molecular weight excluding hydrogens is 552 g/mol. The van der Waals surface area contributed by atoms with Crippen LogP contribution in [0.25, 0.3) is 11.1 Å². The first-order chi connectivity index (χ1) is 11.2. The lowest BCUT2D eigenvalue weighted by atomic mass is 9.99. The lowest BCUT2D eigenvalue weighted by Gasteiger charge is -2.15. The first-order valence-electron chi connectivity index (χ1n) is 6.28. The van der Waals surface area contributed by atoms with Gasteiger partial charge in [0, 0.05) is 29.8 Å². The highest BCUT2D eigenvalue weighted by atomic mass is 127. The average Bonchev–Trinajstić information content (AvgIpc) is 2.47. The molecule has 0 aliphatic heterocycles. The molecule has 24 heavy (non-hydrogen) atoms. The summed E-state index contributed by atoms with van der Waals surface area (Å²) >= 11 is 3.53. The van der Waals surface area contributed by atoms with E-state index in [-0.39, 0.29) is 11.1 Å². The number of nitrogens with two attached hydrogens (primary N) is 1. The maximum atomic E-state index is 14.5. The molecule has 0 saturated carbocycles. The van der Waals surface area contributed by atoms with Gasteiger partial charge in [0.15, 0.2) is 0 Å². The zero-order chi connectivity index (χ0) is 18.1. The van der Waals surface area contributed by atoms with Gasteiger partial charge in [-0.05, 0) is 63.4 Å². The normalized spacial score (nSPS) is 10.9. The Hall–Kier alpha value is -1.35. The Kier molecular flexibility index (Phi) is 5.74. The SMILES string of the molecule is NC(=O)c1cccc(-c2c(I)cc(C(F)(F)C#CF)cc2I)c1F. The van der Waals surface area contributed by atoms with Crippen molar-refractivity contribution in [2.75, 3.05) is 0 Å². The molecule has 0 spiro atoms. The molecule has 0 aliphatic carbocycles. The highest BCUT2D eigenvalue weighted by molar-refractivity contribution is 14.1. The molecule has 0 fully saturated rings. The zero-order valence-corrected chi connectivity index (χ0v) is 16.0. The monoisotopic (exact) mass is 559 g/mol. The standard InChI is InChI=1S/C16H7F4I2NO/c17-5-4-16(19,20)8-6-11(21)13(12(22)7-8)9-2-1-3-10(14(9)18)15(23)24/h1-3,6-7H,(H2,23,24). The Morgan fingerprint density at radius 2 is 1.75 bits per heavy atom. The van der Waals surface area contributed by atoms with E-state index < -0.39 is 23.2 Å². The van der Waals surface area contributed by atoms with Gasteiger partial charge in [0.2, 0.25) is 0 Å². The Morgan fingerprint density at radius 3 is 2.25 bits per heavy atom. The molecule has 2 aromatic rings. The molecule has 0 aromatic heterocycles. The van der Waals surface area contributed by atoms with Crippen molar-refractivity contribution in [2.45, 2.75) is 5.92 Å². The molecule has 124 valence electrons. The number of benzene rings is 2. The van der Waals surface area contributed by atoms with Crippen LogP contribution in [0.15, 0.2) is 30.3 Å².